The first kappa shape index (κ1) is 18.8. The van der Waals surface area contributed by atoms with Crippen LogP contribution in [0, 0.1) is 5.92 Å². The first-order chi connectivity index (χ1) is 12.0. The molecule has 0 aliphatic heterocycles. The molecule has 1 aromatic carbocycles. The highest BCUT2D eigenvalue weighted by Crippen LogP contribution is 2.15. The molecule has 0 bridgehead atoms. The van der Waals surface area contributed by atoms with Crippen LogP contribution in [0.5, 0.6) is 0 Å². The van der Waals surface area contributed by atoms with E-state index in [1.165, 1.54) is 0 Å². The molecular weight excluding hydrogens is 320 g/mol. The minimum absolute atomic E-state index is 0.0155. The number of para-hydroxylation sites is 1. The molecule has 2 amide bonds. The van der Waals surface area contributed by atoms with E-state index in [9.17, 15) is 9.59 Å². The number of nitrogens with one attached hydrogen (secondary N) is 2. The van der Waals surface area contributed by atoms with Crippen LogP contribution < -0.4 is 27.8 Å². The number of hydrogen-bond acceptors (Lipinski definition) is 6. The predicted octanol–water partition coefficient (Wildman–Crippen LogP) is -0.459. The van der Waals surface area contributed by atoms with Crippen LogP contribution in [-0.2, 0) is 9.59 Å². The Bertz CT molecular complexity index is 732. The number of nitrogens with two attached hydrogens (primary N) is 3. The lowest BCUT2D eigenvalue weighted by molar-refractivity contribution is -0.125. The molecule has 2 rings (SSSR count). The van der Waals surface area contributed by atoms with Crippen molar-refractivity contribution in [1.29, 1.82) is 0 Å². The highest BCUT2D eigenvalue weighted by atomic mass is 16.2. The van der Waals surface area contributed by atoms with Crippen LogP contribution in [0.1, 0.15) is 6.42 Å². The lowest BCUT2D eigenvalue weighted by Gasteiger charge is -2.17. The smallest absolute Gasteiger partial charge is 0.243 e. The molecule has 1 heterocycles. The standard InChI is InChI=1S/C17H24N6O2/c18-7-11(8-19)5-14(20)17(25)22-10-16(24)23-13-6-12-3-1-2-4-15(12)21-9-13/h1-4,6,9,11,14H,5,7-8,10,18-20H2,(H,22,25)(H,23,24). The van der Waals surface area contributed by atoms with Crippen LogP contribution in [0.15, 0.2) is 36.5 Å². The fourth-order valence-corrected chi connectivity index (χ4v) is 2.40. The maximum absolute atomic E-state index is 12.0. The molecule has 1 aromatic heterocycles. The van der Waals surface area contributed by atoms with Crippen LogP contribution in [0.3, 0.4) is 0 Å². The number of amides is 2. The van der Waals surface area contributed by atoms with Crippen molar-refractivity contribution in [1.82, 2.24) is 10.3 Å². The molecule has 1 atom stereocenters. The van der Waals surface area contributed by atoms with Crippen molar-refractivity contribution in [2.75, 3.05) is 25.0 Å². The van der Waals surface area contributed by atoms with Gasteiger partial charge in [0.2, 0.25) is 11.8 Å². The number of aromatic nitrogens is 1. The molecular formula is C17H24N6O2. The van der Waals surface area contributed by atoms with Gasteiger partial charge in [0.15, 0.2) is 0 Å². The highest BCUT2D eigenvalue weighted by molar-refractivity contribution is 5.96. The summed E-state index contributed by atoms with van der Waals surface area (Å²) >= 11 is 0. The molecule has 0 radical (unpaired) electrons. The zero-order valence-electron chi connectivity index (χ0n) is 13.9. The monoisotopic (exact) mass is 344 g/mol. The van der Waals surface area contributed by atoms with E-state index in [1.54, 1.807) is 6.20 Å². The Kier molecular flexibility index (Phi) is 6.81. The summed E-state index contributed by atoms with van der Waals surface area (Å²) in [6.45, 7) is 0.565. The van der Waals surface area contributed by atoms with Gasteiger partial charge in [-0.05, 0) is 37.6 Å². The van der Waals surface area contributed by atoms with Gasteiger partial charge in [0.05, 0.1) is 30.0 Å². The number of carbonyl (C=O) groups excluding carboxylic acids is 2. The highest BCUT2D eigenvalue weighted by Gasteiger charge is 2.18. The van der Waals surface area contributed by atoms with Gasteiger partial charge in [-0.25, -0.2) is 0 Å². The second kappa shape index (κ2) is 9.07. The lowest BCUT2D eigenvalue weighted by Crippen LogP contribution is -2.45. The topological polar surface area (TPSA) is 149 Å². The molecule has 0 aliphatic rings. The van der Waals surface area contributed by atoms with Crippen molar-refractivity contribution in [2.45, 2.75) is 12.5 Å². The van der Waals surface area contributed by atoms with E-state index in [2.05, 4.69) is 15.6 Å². The lowest BCUT2D eigenvalue weighted by atomic mass is 10.0. The Balaban J connectivity index is 1.84. The van der Waals surface area contributed by atoms with Crippen LogP contribution in [0.4, 0.5) is 5.69 Å². The molecule has 0 saturated heterocycles. The number of rotatable bonds is 8. The van der Waals surface area contributed by atoms with E-state index >= 15 is 0 Å². The fraction of sp³-hybridized carbons (Fsp3) is 0.353. The molecule has 0 aliphatic carbocycles. The normalized spacial score (nSPS) is 12.2. The number of carbonyl (C=O) groups is 2. The van der Waals surface area contributed by atoms with Gasteiger partial charge in [0.1, 0.15) is 0 Å². The summed E-state index contributed by atoms with van der Waals surface area (Å²) in [5, 5.41) is 6.13. The molecule has 134 valence electrons. The summed E-state index contributed by atoms with van der Waals surface area (Å²) in [5.41, 5.74) is 18.3. The van der Waals surface area contributed by atoms with Crippen LogP contribution >= 0.6 is 0 Å². The second-order valence-electron chi connectivity index (χ2n) is 5.86. The van der Waals surface area contributed by atoms with Gasteiger partial charge in [0.25, 0.3) is 0 Å². The minimum atomic E-state index is -0.743. The van der Waals surface area contributed by atoms with Crippen LogP contribution in [-0.4, -0.2) is 42.5 Å². The molecule has 0 saturated carbocycles. The van der Waals surface area contributed by atoms with E-state index < -0.39 is 11.9 Å². The van der Waals surface area contributed by atoms with Gasteiger partial charge in [-0.15, -0.1) is 0 Å². The minimum Gasteiger partial charge on any atom is -0.346 e. The molecule has 8 heteroatoms. The predicted molar refractivity (Wildman–Crippen MR) is 97.6 cm³/mol. The zero-order valence-corrected chi connectivity index (χ0v) is 13.9. The van der Waals surface area contributed by atoms with Crippen LogP contribution in [0.2, 0.25) is 0 Å². The maximum atomic E-state index is 12.0. The Labute approximate surface area is 146 Å². The van der Waals surface area contributed by atoms with Gasteiger partial charge in [-0.2, -0.15) is 0 Å². The SMILES string of the molecule is NCC(CN)CC(N)C(=O)NCC(=O)Nc1cnc2ccccc2c1. The van der Waals surface area contributed by atoms with Crippen molar-refractivity contribution < 1.29 is 9.59 Å². The van der Waals surface area contributed by atoms with E-state index in [4.69, 9.17) is 17.2 Å². The van der Waals surface area contributed by atoms with Crippen LogP contribution in [0.25, 0.3) is 10.9 Å². The first-order valence-corrected chi connectivity index (χ1v) is 8.11. The van der Waals surface area contributed by atoms with E-state index in [0.717, 1.165) is 10.9 Å². The van der Waals surface area contributed by atoms with E-state index in [0.29, 0.717) is 25.2 Å². The number of pyridine rings is 1. The molecule has 2 aromatic rings. The maximum Gasteiger partial charge on any atom is 0.243 e. The number of fused-ring (bicyclic) bond motifs is 1. The van der Waals surface area contributed by atoms with E-state index in [1.807, 2.05) is 30.3 Å². The van der Waals surface area contributed by atoms with Gasteiger partial charge < -0.3 is 27.8 Å². The second-order valence-corrected chi connectivity index (χ2v) is 5.86. The molecule has 0 fully saturated rings. The van der Waals surface area contributed by atoms with Gasteiger partial charge in [-0.3, -0.25) is 14.6 Å². The summed E-state index contributed by atoms with van der Waals surface area (Å²) in [4.78, 5) is 28.2. The average molecular weight is 344 g/mol. The average Bonchev–Trinajstić information content (AvgIpc) is 2.63. The van der Waals surface area contributed by atoms with Gasteiger partial charge in [0, 0.05) is 5.39 Å². The van der Waals surface area contributed by atoms with Crippen molar-refractivity contribution in [2.24, 2.45) is 23.1 Å². The largest absolute Gasteiger partial charge is 0.346 e. The number of anilines is 1. The summed E-state index contributed by atoms with van der Waals surface area (Å²) in [6.07, 6.45) is 1.95. The van der Waals surface area contributed by atoms with E-state index in [-0.39, 0.29) is 18.4 Å². The summed E-state index contributed by atoms with van der Waals surface area (Å²) in [6, 6.07) is 8.66. The molecule has 8 nitrogen and oxygen atoms in total. The third-order valence-electron chi connectivity index (χ3n) is 3.89. The Hall–Kier alpha value is -2.55. The number of benzene rings is 1. The Morgan fingerprint density at radius 1 is 1.16 bits per heavy atom. The molecule has 1 unspecified atom stereocenters. The third kappa shape index (κ3) is 5.49. The quantitative estimate of drug-likeness (QED) is 0.437. The summed E-state index contributed by atoms with van der Waals surface area (Å²) < 4.78 is 0. The van der Waals surface area contributed by atoms with Crippen molar-refractivity contribution in [3.05, 3.63) is 36.5 Å². The van der Waals surface area contributed by atoms with Crippen molar-refractivity contribution in [3.63, 3.8) is 0 Å². The van der Waals surface area contributed by atoms with Gasteiger partial charge in [-0.1, -0.05) is 18.2 Å². The Morgan fingerprint density at radius 3 is 2.60 bits per heavy atom. The van der Waals surface area contributed by atoms with Gasteiger partial charge >= 0.3 is 0 Å². The summed E-state index contributed by atoms with van der Waals surface area (Å²) in [5.74, 6) is -0.774. The first-order valence-electron chi connectivity index (χ1n) is 8.11. The van der Waals surface area contributed by atoms with Crippen molar-refractivity contribution in [3.8, 4) is 0 Å². The summed E-state index contributed by atoms with van der Waals surface area (Å²) in [7, 11) is 0. The molecule has 8 N–H and O–H groups in total. The zero-order chi connectivity index (χ0) is 18.2. The molecule has 25 heavy (non-hydrogen) atoms. The number of hydrogen-bond donors (Lipinski definition) is 5. The third-order valence-corrected chi connectivity index (χ3v) is 3.89. The van der Waals surface area contributed by atoms with Crippen molar-refractivity contribution >= 4 is 28.4 Å². The Morgan fingerprint density at radius 2 is 1.88 bits per heavy atom. The fourth-order valence-electron chi connectivity index (χ4n) is 2.40. The molecule has 0 spiro atoms. The number of nitrogens with zero attached hydrogens (tertiary/aromatic N) is 1.